The second-order valence-electron chi connectivity index (χ2n) is 10.2. The van der Waals surface area contributed by atoms with Crippen LogP contribution in [0.1, 0.15) is 77.6 Å². The van der Waals surface area contributed by atoms with Crippen LogP contribution >= 0.6 is 0 Å². The van der Waals surface area contributed by atoms with Crippen molar-refractivity contribution in [2.24, 2.45) is 0 Å². The monoisotopic (exact) mass is 410 g/mol. The molecule has 0 amide bonds. The lowest BCUT2D eigenvalue weighted by Crippen LogP contribution is -2.15. The Labute approximate surface area is 185 Å². The molecular formula is C29H34Si. The Morgan fingerprint density at radius 2 is 1.33 bits per heavy atom. The molecule has 2 aromatic carbocycles. The highest BCUT2D eigenvalue weighted by Gasteiger charge is 2.32. The molecule has 0 spiro atoms. The highest BCUT2D eigenvalue weighted by Crippen LogP contribution is 2.47. The van der Waals surface area contributed by atoms with Gasteiger partial charge in [-0.05, 0) is 90.1 Å². The van der Waals surface area contributed by atoms with E-state index in [0.29, 0.717) is 11.1 Å². The second kappa shape index (κ2) is 7.53. The molecule has 0 aliphatic heterocycles. The van der Waals surface area contributed by atoms with Gasteiger partial charge >= 0.3 is 0 Å². The van der Waals surface area contributed by atoms with Crippen molar-refractivity contribution in [2.75, 3.05) is 0 Å². The molecule has 2 aliphatic rings. The predicted octanol–water partition coefficient (Wildman–Crippen LogP) is 8.29. The van der Waals surface area contributed by atoms with Crippen molar-refractivity contribution in [1.82, 2.24) is 0 Å². The Balaban J connectivity index is 1.69. The van der Waals surface area contributed by atoms with Gasteiger partial charge in [-0.3, -0.25) is 0 Å². The number of hydrogen-bond acceptors (Lipinski definition) is 0. The zero-order valence-corrected chi connectivity index (χ0v) is 20.8. The summed E-state index contributed by atoms with van der Waals surface area (Å²) >= 11 is 0. The topological polar surface area (TPSA) is 0 Å². The molecule has 0 N–H and O–H groups in total. The molecule has 1 atom stereocenters. The van der Waals surface area contributed by atoms with Crippen molar-refractivity contribution < 1.29 is 0 Å². The first kappa shape index (κ1) is 21.1. The van der Waals surface area contributed by atoms with Crippen molar-refractivity contribution >= 4 is 15.6 Å². The van der Waals surface area contributed by atoms with E-state index in [4.69, 9.17) is 0 Å². The quantitative estimate of drug-likeness (QED) is 0.446. The van der Waals surface area contributed by atoms with Gasteiger partial charge in [0.2, 0.25) is 0 Å². The Bertz CT molecular complexity index is 1060. The highest BCUT2D eigenvalue weighted by atomic mass is 28.2. The van der Waals surface area contributed by atoms with Gasteiger partial charge in [0, 0.05) is 0 Å². The summed E-state index contributed by atoms with van der Waals surface area (Å²) in [4.78, 5) is 0. The number of benzene rings is 2. The Morgan fingerprint density at radius 3 is 1.90 bits per heavy atom. The summed E-state index contributed by atoms with van der Waals surface area (Å²) < 4.78 is 0. The number of allylic oxidation sites excluding steroid dienone is 5. The molecule has 1 heteroatoms. The SMILES string of the molecule is CC1=Cc2c(-c3ccc(C(C)(C)C)cc3)cccc2C1[Si]C1C(C)=C(C)C(C)=C1C. The van der Waals surface area contributed by atoms with Gasteiger partial charge in [0.15, 0.2) is 0 Å². The van der Waals surface area contributed by atoms with Crippen LogP contribution in [0, 0.1) is 0 Å². The van der Waals surface area contributed by atoms with Crippen molar-refractivity contribution in [1.29, 1.82) is 0 Å². The third-order valence-corrected chi connectivity index (χ3v) is 9.58. The van der Waals surface area contributed by atoms with Crippen LogP contribution in [0.3, 0.4) is 0 Å². The average molecular weight is 411 g/mol. The minimum atomic E-state index is 0.189. The van der Waals surface area contributed by atoms with Gasteiger partial charge < -0.3 is 0 Å². The number of rotatable bonds is 3. The van der Waals surface area contributed by atoms with Gasteiger partial charge in [-0.15, -0.1) is 0 Å². The molecule has 1 unspecified atom stereocenters. The standard InChI is InChI=1S/C29H34Si/c1-17-16-26-24(22-12-14-23(15-13-22)29(6,7)8)10-9-11-25(26)27(17)30-28-20(4)18(2)19(3)21(28)5/h9-16,27-28H,1-8H3. The van der Waals surface area contributed by atoms with E-state index in [1.165, 1.54) is 44.5 Å². The molecule has 0 saturated carbocycles. The number of hydrogen-bond donors (Lipinski definition) is 0. The summed E-state index contributed by atoms with van der Waals surface area (Å²) in [7, 11) is 0.880. The van der Waals surface area contributed by atoms with Gasteiger partial charge in [0.1, 0.15) is 0 Å². The van der Waals surface area contributed by atoms with Crippen molar-refractivity contribution in [3.8, 4) is 11.1 Å². The minimum Gasteiger partial charge on any atom is -0.0684 e. The molecule has 2 aromatic rings. The zero-order chi connectivity index (χ0) is 21.8. The van der Waals surface area contributed by atoms with Gasteiger partial charge in [-0.2, -0.15) is 0 Å². The van der Waals surface area contributed by atoms with Crippen LogP contribution in [0.5, 0.6) is 0 Å². The first-order valence-corrected chi connectivity index (χ1v) is 12.3. The Morgan fingerprint density at radius 1 is 0.733 bits per heavy atom. The van der Waals surface area contributed by atoms with Crippen molar-refractivity contribution in [2.45, 2.75) is 71.9 Å². The maximum atomic E-state index is 2.45. The lowest BCUT2D eigenvalue weighted by molar-refractivity contribution is 0.590. The smallest absolute Gasteiger partial charge is 0.0673 e. The maximum absolute atomic E-state index is 2.45. The molecule has 0 nitrogen and oxygen atoms in total. The fourth-order valence-electron chi connectivity index (χ4n) is 4.94. The molecule has 0 bridgehead atoms. The molecule has 0 saturated heterocycles. The van der Waals surface area contributed by atoms with Crippen LogP contribution in [0.4, 0.5) is 0 Å². The zero-order valence-electron chi connectivity index (χ0n) is 19.8. The molecule has 154 valence electrons. The van der Waals surface area contributed by atoms with E-state index < -0.39 is 0 Å². The Kier molecular flexibility index (Phi) is 5.30. The van der Waals surface area contributed by atoms with E-state index in [1.807, 2.05) is 0 Å². The summed E-state index contributed by atoms with van der Waals surface area (Å²) in [6.07, 6.45) is 2.45. The van der Waals surface area contributed by atoms with Crippen LogP contribution < -0.4 is 0 Å². The molecule has 30 heavy (non-hydrogen) atoms. The van der Waals surface area contributed by atoms with Crippen molar-refractivity contribution in [3.63, 3.8) is 0 Å². The first-order chi connectivity index (χ1) is 14.1. The molecule has 0 aromatic heterocycles. The maximum Gasteiger partial charge on any atom is 0.0673 e. The van der Waals surface area contributed by atoms with E-state index in [-0.39, 0.29) is 5.41 Å². The van der Waals surface area contributed by atoms with Gasteiger partial charge in [-0.1, -0.05) is 86.0 Å². The average Bonchev–Trinajstić information content (AvgIpc) is 3.12. The van der Waals surface area contributed by atoms with Gasteiger partial charge in [0.05, 0.1) is 9.52 Å². The minimum absolute atomic E-state index is 0.189. The van der Waals surface area contributed by atoms with E-state index in [9.17, 15) is 0 Å². The Hall–Kier alpha value is -2.12. The second-order valence-corrected chi connectivity index (χ2v) is 11.7. The summed E-state index contributed by atoms with van der Waals surface area (Å²) in [5, 5.41) is 0. The normalized spacial score (nSPS) is 19.6. The van der Waals surface area contributed by atoms with Gasteiger partial charge in [0.25, 0.3) is 0 Å². The largest absolute Gasteiger partial charge is 0.0684 e. The molecule has 2 aliphatic carbocycles. The molecule has 0 fully saturated rings. The van der Waals surface area contributed by atoms with Gasteiger partial charge in [-0.25, -0.2) is 0 Å². The van der Waals surface area contributed by atoms with Crippen LogP contribution in [-0.2, 0) is 5.41 Å². The van der Waals surface area contributed by atoms with Crippen LogP contribution in [0.2, 0.25) is 5.54 Å². The van der Waals surface area contributed by atoms with Crippen molar-refractivity contribution in [3.05, 3.63) is 87.0 Å². The van der Waals surface area contributed by atoms with E-state index >= 15 is 0 Å². The third kappa shape index (κ3) is 3.48. The van der Waals surface area contributed by atoms with Crippen LogP contribution in [0.15, 0.2) is 70.3 Å². The lowest BCUT2D eigenvalue weighted by atomic mass is 9.86. The fourth-order valence-corrected chi connectivity index (χ4v) is 6.98. The highest BCUT2D eigenvalue weighted by molar-refractivity contribution is 6.44. The predicted molar refractivity (Wildman–Crippen MR) is 133 cm³/mol. The van der Waals surface area contributed by atoms with E-state index in [0.717, 1.165) is 9.52 Å². The first-order valence-electron chi connectivity index (χ1n) is 11.1. The lowest BCUT2D eigenvalue weighted by Gasteiger charge is -2.22. The summed E-state index contributed by atoms with van der Waals surface area (Å²) in [5.74, 6) is 0. The fraction of sp³-hybridized carbons (Fsp3) is 0.379. The molecular weight excluding hydrogens is 376 g/mol. The summed E-state index contributed by atoms with van der Waals surface area (Å²) in [6, 6.07) is 16.1. The van der Waals surface area contributed by atoms with Crippen LogP contribution in [0.25, 0.3) is 17.2 Å². The molecule has 4 rings (SSSR count). The summed E-state index contributed by atoms with van der Waals surface area (Å²) in [5.41, 5.74) is 16.1. The van der Waals surface area contributed by atoms with E-state index in [1.54, 1.807) is 11.1 Å². The summed E-state index contributed by atoms with van der Waals surface area (Å²) in [6.45, 7) is 18.4. The molecule has 2 radical (unpaired) electrons. The molecule has 0 heterocycles. The number of fused-ring (bicyclic) bond motifs is 1. The third-order valence-electron chi connectivity index (χ3n) is 7.29. The van der Waals surface area contributed by atoms with Crippen LogP contribution in [-0.4, -0.2) is 9.52 Å². The van der Waals surface area contributed by atoms with E-state index in [2.05, 4.69) is 104 Å².